The highest BCUT2D eigenvalue weighted by atomic mass is 79.9. The Morgan fingerprint density at radius 3 is 2.71 bits per heavy atom. The van der Waals surface area contributed by atoms with E-state index in [0.29, 0.717) is 5.92 Å². The van der Waals surface area contributed by atoms with Crippen molar-refractivity contribution in [3.05, 3.63) is 63.6 Å². The van der Waals surface area contributed by atoms with Crippen LogP contribution in [-0.4, -0.2) is 49.0 Å². The Hall–Kier alpha value is -1.85. The SMILES string of the molecule is COc1ccccc1CCN1CCC(CN2Cc3cc(Br)ccc3C2=O)CC1. The monoisotopic (exact) mass is 442 g/mol. The molecule has 2 aliphatic rings. The van der Waals surface area contributed by atoms with Gasteiger partial charge >= 0.3 is 0 Å². The van der Waals surface area contributed by atoms with E-state index in [-0.39, 0.29) is 5.91 Å². The quantitative estimate of drug-likeness (QED) is 0.665. The number of hydrogen-bond donors (Lipinski definition) is 0. The molecule has 1 saturated heterocycles. The normalized spacial score (nSPS) is 17.8. The third-order valence-corrected chi connectivity index (χ3v) is 6.51. The number of amides is 1. The van der Waals surface area contributed by atoms with E-state index in [9.17, 15) is 4.79 Å². The number of carbonyl (C=O) groups excluding carboxylic acids is 1. The van der Waals surface area contributed by atoms with Crippen LogP contribution in [0.4, 0.5) is 0 Å². The van der Waals surface area contributed by atoms with Crippen LogP contribution in [0.25, 0.3) is 0 Å². The summed E-state index contributed by atoms with van der Waals surface area (Å²) < 4.78 is 6.51. The zero-order valence-corrected chi connectivity index (χ0v) is 18.0. The van der Waals surface area contributed by atoms with Crippen molar-refractivity contribution in [1.29, 1.82) is 0 Å². The molecule has 4 rings (SSSR count). The van der Waals surface area contributed by atoms with Crippen LogP contribution in [0.1, 0.15) is 34.3 Å². The molecule has 5 heteroatoms. The molecule has 2 aromatic carbocycles. The number of piperidine rings is 1. The van der Waals surface area contributed by atoms with Gasteiger partial charge < -0.3 is 14.5 Å². The lowest BCUT2D eigenvalue weighted by atomic mass is 9.96. The van der Waals surface area contributed by atoms with Crippen molar-refractivity contribution in [1.82, 2.24) is 9.80 Å². The van der Waals surface area contributed by atoms with Crippen molar-refractivity contribution >= 4 is 21.8 Å². The first-order valence-electron chi connectivity index (χ1n) is 10.1. The summed E-state index contributed by atoms with van der Waals surface area (Å²) in [6, 6.07) is 14.3. The number of benzene rings is 2. The minimum absolute atomic E-state index is 0.195. The largest absolute Gasteiger partial charge is 0.496 e. The molecule has 2 heterocycles. The van der Waals surface area contributed by atoms with Gasteiger partial charge in [-0.2, -0.15) is 0 Å². The standard InChI is InChI=1S/C23H27BrN2O2/c1-28-22-5-3-2-4-18(22)10-13-25-11-8-17(9-12-25)15-26-16-19-14-20(24)6-7-21(19)23(26)27/h2-7,14,17H,8-13,15-16H2,1H3. The first-order valence-corrected chi connectivity index (χ1v) is 10.9. The highest BCUT2D eigenvalue weighted by Crippen LogP contribution is 2.28. The Labute approximate surface area is 175 Å². The van der Waals surface area contributed by atoms with E-state index in [1.165, 1.54) is 5.56 Å². The third kappa shape index (κ3) is 4.26. The molecule has 0 bridgehead atoms. The van der Waals surface area contributed by atoms with Crippen LogP contribution in [0.2, 0.25) is 0 Å². The molecule has 4 nitrogen and oxygen atoms in total. The second-order valence-corrected chi connectivity index (χ2v) is 8.75. The Morgan fingerprint density at radius 1 is 1.14 bits per heavy atom. The topological polar surface area (TPSA) is 32.8 Å². The number of fused-ring (bicyclic) bond motifs is 1. The molecular weight excluding hydrogens is 416 g/mol. The van der Waals surface area contributed by atoms with E-state index in [1.54, 1.807) is 7.11 Å². The number of nitrogens with zero attached hydrogens (tertiary/aromatic N) is 2. The highest BCUT2D eigenvalue weighted by Gasteiger charge is 2.30. The van der Waals surface area contributed by atoms with Crippen molar-refractivity contribution in [2.75, 3.05) is 33.3 Å². The third-order valence-electron chi connectivity index (χ3n) is 6.02. The van der Waals surface area contributed by atoms with Crippen molar-refractivity contribution in [2.24, 2.45) is 5.92 Å². The minimum Gasteiger partial charge on any atom is -0.496 e. The number of rotatable bonds is 6. The molecule has 1 fully saturated rings. The fourth-order valence-corrected chi connectivity index (χ4v) is 4.80. The van der Waals surface area contributed by atoms with Gasteiger partial charge in [0.1, 0.15) is 5.75 Å². The summed E-state index contributed by atoms with van der Waals surface area (Å²) >= 11 is 3.51. The predicted molar refractivity (Wildman–Crippen MR) is 115 cm³/mol. The van der Waals surface area contributed by atoms with E-state index in [1.807, 2.05) is 29.2 Å². The van der Waals surface area contributed by atoms with E-state index >= 15 is 0 Å². The molecule has 28 heavy (non-hydrogen) atoms. The molecule has 0 saturated carbocycles. The van der Waals surface area contributed by atoms with E-state index in [4.69, 9.17) is 4.74 Å². The van der Waals surface area contributed by atoms with Crippen LogP contribution in [0.5, 0.6) is 5.75 Å². The lowest BCUT2D eigenvalue weighted by molar-refractivity contribution is 0.0714. The molecule has 0 atom stereocenters. The maximum atomic E-state index is 12.7. The van der Waals surface area contributed by atoms with Crippen molar-refractivity contribution in [3.8, 4) is 5.75 Å². The number of halogens is 1. The van der Waals surface area contributed by atoms with Gasteiger partial charge in [-0.15, -0.1) is 0 Å². The molecule has 0 aromatic heterocycles. The summed E-state index contributed by atoms with van der Waals surface area (Å²) in [7, 11) is 1.74. The molecule has 2 aliphatic heterocycles. The van der Waals surface area contributed by atoms with Gasteiger partial charge in [0.15, 0.2) is 0 Å². The molecule has 1 amide bonds. The number of para-hydroxylation sites is 1. The Bertz CT molecular complexity index is 846. The summed E-state index contributed by atoms with van der Waals surface area (Å²) in [4.78, 5) is 17.2. The minimum atomic E-state index is 0.195. The van der Waals surface area contributed by atoms with Crippen LogP contribution in [0.15, 0.2) is 46.9 Å². The van der Waals surface area contributed by atoms with Crippen LogP contribution >= 0.6 is 15.9 Å². The fourth-order valence-electron chi connectivity index (χ4n) is 4.39. The highest BCUT2D eigenvalue weighted by molar-refractivity contribution is 9.10. The van der Waals surface area contributed by atoms with Crippen LogP contribution in [0, 0.1) is 5.92 Å². The van der Waals surface area contributed by atoms with Gasteiger partial charge in [-0.05, 0) is 73.7 Å². The Kier molecular flexibility index (Phi) is 6.02. The predicted octanol–water partition coefficient (Wildman–Crippen LogP) is 4.37. The first-order chi connectivity index (χ1) is 13.6. The molecule has 0 unspecified atom stereocenters. The van der Waals surface area contributed by atoms with Crippen molar-refractivity contribution in [3.63, 3.8) is 0 Å². The molecular formula is C23H27BrN2O2. The average Bonchev–Trinajstić information content (AvgIpc) is 3.02. The number of hydrogen-bond acceptors (Lipinski definition) is 3. The maximum Gasteiger partial charge on any atom is 0.254 e. The van der Waals surface area contributed by atoms with Gasteiger partial charge in [0.2, 0.25) is 0 Å². The van der Waals surface area contributed by atoms with Gasteiger partial charge in [-0.1, -0.05) is 34.1 Å². The average molecular weight is 443 g/mol. The zero-order valence-electron chi connectivity index (χ0n) is 16.4. The summed E-state index contributed by atoms with van der Waals surface area (Å²) in [6.45, 7) is 4.92. The van der Waals surface area contributed by atoms with E-state index < -0.39 is 0 Å². The Morgan fingerprint density at radius 2 is 1.93 bits per heavy atom. The van der Waals surface area contributed by atoms with Gasteiger partial charge in [0.25, 0.3) is 5.91 Å². The second-order valence-electron chi connectivity index (χ2n) is 7.83. The molecule has 0 aliphatic carbocycles. The van der Waals surface area contributed by atoms with Crippen molar-refractivity contribution in [2.45, 2.75) is 25.8 Å². The van der Waals surface area contributed by atoms with Gasteiger partial charge in [-0.3, -0.25) is 4.79 Å². The molecule has 2 aromatic rings. The summed E-state index contributed by atoms with van der Waals surface area (Å²) in [5.41, 5.74) is 3.30. The van der Waals surface area contributed by atoms with Crippen LogP contribution in [-0.2, 0) is 13.0 Å². The van der Waals surface area contributed by atoms with E-state index in [2.05, 4.69) is 39.0 Å². The Balaban J connectivity index is 1.25. The molecule has 0 spiro atoms. The summed E-state index contributed by atoms with van der Waals surface area (Å²) in [6.07, 6.45) is 3.34. The second kappa shape index (κ2) is 8.66. The van der Waals surface area contributed by atoms with Crippen LogP contribution < -0.4 is 4.74 Å². The lowest BCUT2D eigenvalue weighted by Crippen LogP contribution is -2.39. The number of likely N-dealkylation sites (tertiary alicyclic amines) is 1. The molecule has 148 valence electrons. The lowest BCUT2D eigenvalue weighted by Gasteiger charge is -2.34. The maximum absolute atomic E-state index is 12.7. The molecule has 0 radical (unpaired) electrons. The number of carbonyl (C=O) groups is 1. The van der Waals surface area contributed by atoms with Gasteiger partial charge in [0, 0.05) is 29.7 Å². The summed E-state index contributed by atoms with van der Waals surface area (Å²) in [5, 5.41) is 0. The first kappa shape index (κ1) is 19.5. The molecule has 0 N–H and O–H groups in total. The van der Waals surface area contributed by atoms with Gasteiger partial charge in [0.05, 0.1) is 7.11 Å². The fraction of sp³-hybridized carbons (Fsp3) is 0.435. The smallest absolute Gasteiger partial charge is 0.254 e. The van der Waals surface area contributed by atoms with Gasteiger partial charge in [-0.25, -0.2) is 0 Å². The summed E-state index contributed by atoms with van der Waals surface area (Å²) in [5.74, 6) is 1.78. The van der Waals surface area contributed by atoms with Crippen molar-refractivity contribution < 1.29 is 9.53 Å². The number of ether oxygens (including phenoxy) is 1. The van der Waals surface area contributed by atoms with E-state index in [0.717, 1.165) is 73.3 Å². The van der Waals surface area contributed by atoms with Crippen LogP contribution in [0.3, 0.4) is 0 Å². The zero-order chi connectivity index (χ0) is 19.5. The number of methoxy groups -OCH3 is 1.